The van der Waals surface area contributed by atoms with Crippen LogP contribution in [0.15, 0.2) is 53.8 Å². The van der Waals surface area contributed by atoms with Crippen molar-refractivity contribution in [2.24, 2.45) is 4.99 Å². The Labute approximate surface area is 172 Å². The van der Waals surface area contributed by atoms with Crippen molar-refractivity contribution in [2.45, 2.75) is 20.4 Å². The second-order valence-corrected chi connectivity index (χ2v) is 5.73. The van der Waals surface area contributed by atoms with Gasteiger partial charge in [0.25, 0.3) is 5.91 Å². The summed E-state index contributed by atoms with van der Waals surface area (Å²) >= 11 is 0. The number of benzene rings is 1. The molecule has 1 aromatic heterocycles. The highest BCUT2D eigenvalue weighted by Crippen LogP contribution is 2.03. The summed E-state index contributed by atoms with van der Waals surface area (Å²) in [6.07, 6.45) is 4.07. The van der Waals surface area contributed by atoms with Crippen LogP contribution in [0.25, 0.3) is 0 Å². The number of halogens is 1. The van der Waals surface area contributed by atoms with Crippen molar-refractivity contribution < 1.29 is 4.79 Å². The van der Waals surface area contributed by atoms with Crippen molar-refractivity contribution in [3.63, 3.8) is 0 Å². The van der Waals surface area contributed by atoms with Crippen LogP contribution >= 0.6 is 24.0 Å². The number of guanidine groups is 1. The molecule has 0 aliphatic heterocycles. The zero-order valence-corrected chi connectivity index (χ0v) is 17.7. The minimum Gasteiger partial charge on any atom is -0.357 e. The number of amides is 1. The van der Waals surface area contributed by atoms with E-state index in [2.05, 4.69) is 25.5 Å². The molecule has 7 heteroatoms. The average Bonchev–Trinajstić information content (AvgIpc) is 3.12. The number of hydrogen-bond acceptors (Lipinski definition) is 2. The number of aliphatic imine (C=N–C) groups is 1. The minimum atomic E-state index is -0.0653. The molecule has 0 aliphatic rings. The first-order valence-corrected chi connectivity index (χ1v) is 8.67. The van der Waals surface area contributed by atoms with Crippen molar-refractivity contribution in [3.8, 4) is 0 Å². The van der Waals surface area contributed by atoms with E-state index in [1.54, 1.807) is 0 Å². The molecule has 0 fully saturated rings. The van der Waals surface area contributed by atoms with Crippen LogP contribution in [-0.2, 0) is 6.54 Å². The molecule has 1 aromatic carbocycles. The van der Waals surface area contributed by atoms with Gasteiger partial charge in [-0.2, -0.15) is 0 Å². The van der Waals surface area contributed by atoms with Crippen LogP contribution in [0.4, 0.5) is 0 Å². The minimum absolute atomic E-state index is 0. The Hall–Kier alpha value is -2.03. The second kappa shape index (κ2) is 12.3. The number of nitrogens with zero attached hydrogens (tertiary/aromatic N) is 2. The number of nitrogens with one attached hydrogen (secondary N) is 3. The van der Waals surface area contributed by atoms with E-state index in [0.717, 1.165) is 31.2 Å². The van der Waals surface area contributed by atoms with Crippen molar-refractivity contribution in [1.29, 1.82) is 0 Å². The summed E-state index contributed by atoms with van der Waals surface area (Å²) < 4.78 is 2.11. The first-order valence-electron chi connectivity index (χ1n) is 8.67. The lowest BCUT2D eigenvalue weighted by molar-refractivity contribution is 0.0954. The summed E-state index contributed by atoms with van der Waals surface area (Å²) in [7, 11) is 0. The number of carbonyl (C=O) groups excluding carboxylic acids is 1. The highest BCUT2D eigenvalue weighted by Gasteiger charge is 2.04. The maximum Gasteiger partial charge on any atom is 0.251 e. The van der Waals surface area contributed by atoms with Gasteiger partial charge in [0.2, 0.25) is 0 Å². The zero-order valence-electron chi connectivity index (χ0n) is 15.4. The van der Waals surface area contributed by atoms with E-state index in [4.69, 9.17) is 0 Å². The standard InChI is InChI=1S/C19H27N5O.HI/c1-3-20-19(23-11-14-24-12-4-5-13-24)22-10-9-21-18(25)17-8-6-7-16(2)15-17;/h4-8,12-13,15H,3,9-11,14H2,1-2H3,(H,21,25)(H2,20,22,23);1H. The number of aryl methyl sites for hydroxylation is 1. The third kappa shape index (κ3) is 7.90. The molecule has 2 aromatic rings. The molecule has 1 amide bonds. The highest BCUT2D eigenvalue weighted by atomic mass is 127. The third-order valence-corrected chi connectivity index (χ3v) is 3.62. The fourth-order valence-corrected chi connectivity index (χ4v) is 2.39. The molecule has 0 aliphatic carbocycles. The highest BCUT2D eigenvalue weighted by molar-refractivity contribution is 14.0. The van der Waals surface area contributed by atoms with Gasteiger partial charge in [0.1, 0.15) is 0 Å². The van der Waals surface area contributed by atoms with Crippen molar-refractivity contribution in [1.82, 2.24) is 20.5 Å². The van der Waals surface area contributed by atoms with Crippen molar-refractivity contribution in [3.05, 3.63) is 59.9 Å². The van der Waals surface area contributed by atoms with Gasteiger partial charge in [-0.25, -0.2) is 0 Å². The van der Waals surface area contributed by atoms with Crippen LogP contribution in [0.1, 0.15) is 22.8 Å². The molecular weight excluding hydrogens is 441 g/mol. The van der Waals surface area contributed by atoms with E-state index >= 15 is 0 Å². The van der Waals surface area contributed by atoms with Gasteiger partial charge < -0.3 is 20.5 Å². The molecule has 3 N–H and O–H groups in total. The van der Waals surface area contributed by atoms with Gasteiger partial charge in [0.15, 0.2) is 5.96 Å². The normalized spacial score (nSPS) is 10.8. The Morgan fingerprint density at radius 2 is 1.85 bits per heavy atom. The van der Waals surface area contributed by atoms with Gasteiger partial charge in [-0.1, -0.05) is 17.7 Å². The quantitative estimate of drug-likeness (QED) is 0.241. The molecule has 6 nitrogen and oxygen atoms in total. The SMILES string of the molecule is CCNC(=NCCNC(=O)c1cccc(C)c1)NCCn1cccc1.I. The van der Waals surface area contributed by atoms with Crippen LogP contribution < -0.4 is 16.0 Å². The first kappa shape index (κ1) is 22.0. The molecule has 0 spiro atoms. The van der Waals surface area contributed by atoms with Crippen molar-refractivity contribution in [2.75, 3.05) is 26.2 Å². The Morgan fingerprint density at radius 3 is 2.54 bits per heavy atom. The van der Waals surface area contributed by atoms with E-state index in [1.807, 2.05) is 62.6 Å². The van der Waals surface area contributed by atoms with Crippen LogP contribution in [0.5, 0.6) is 0 Å². The fraction of sp³-hybridized carbons (Fsp3) is 0.368. The summed E-state index contributed by atoms with van der Waals surface area (Å²) in [6, 6.07) is 11.6. The van der Waals surface area contributed by atoms with Crippen LogP contribution in [0, 0.1) is 6.92 Å². The predicted octanol–water partition coefficient (Wildman–Crippen LogP) is 2.40. The van der Waals surface area contributed by atoms with Gasteiger partial charge >= 0.3 is 0 Å². The van der Waals surface area contributed by atoms with Crippen molar-refractivity contribution >= 4 is 35.8 Å². The number of hydrogen-bond donors (Lipinski definition) is 3. The van der Waals surface area contributed by atoms with Gasteiger partial charge in [-0.05, 0) is 38.1 Å². The van der Waals surface area contributed by atoms with Crippen LogP contribution in [0.3, 0.4) is 0 Å². The Kier molecular flexibility index (Phi) is 10.5. The topological polar surface area (TPSA) is 70.4 Å². The molecule has 142 valence electrons. The number of aromatic nitrogens is 1. The van der Waals surface area contributed by atoms with Gasteiger partial charge in [0.05, 0.1) is 6.54 Å². The average molecular weight is 469 g/mol. The van der Waals surface area contributed by atoms with E-state index in [-0.39, 0.29) is 29.9 Å². The molecule has 1 heterocycles. The molecule has 0 atom stereocenters. The monoisotopic (exact) mass is 469 g/mol. The van der Waals surface area contributed by atoms with E-state index in [0.29, 0.717) is 18.7 Å². The molecule has 0 radical (unpaired) electrons. The Bertz CT molecular complexity index is 685. The molecule has 0 bridgehead atoms. The summed E-state index contributed by atoms with van der Waals surface area (Å²) in [5, 5.41) is 9.39. The maximum absolute atomic E-state index is 12.1. The molecule has 0 saturated heterocycles. The lowest BCUT2D eigenvalue weighted by Gasteiger charge is -2.12. The van der Waals surface area contributed by atoms with Crippen LogP contribution in [-0.4, -0.2) is 42.6 Å². The molecule has 0 unspecified atom stereocenters. The van der Waals surface area contributed by atoms with Gasteiger partial charge in [0, 0.05) is 44.1 Å². The molecular formula is C19H28IN5O. The zero-order chi connectivity index (χ0) is 17.9. The van der Waals surface area contributed by atoms with Gasteiger partial charge in [-0.3, -0.25) is 9.79 Å². The molecule has 26 heavy (non-hydrogen) atoms. The Balaban J connectivity index is 0.00000338. The van der Waals surface area contributed by atoms with E-state index < -0.39 is 0 Å². The Morgan fingerprint density at radius 1 is 1.08 bits per heavy atom. The summed E-state index contributed by atoms with van der Waals surface area (Å²) in [5.41, 5.74) is 1.76. The molecule has 2 rings (SSSR count). The second-order valence-electron chi connectivity index (χ2n) is 5.73. The first-order chi connectivity index (χ1) is 12.2. The number of carbonyl (C=O) groups is 1. The number of rotatable bonds is 8. The fourth-order valence-electron chi connectivity index (χ4n) is 2.39. The van der Waals surface area contributed by atoms with Gasteiger partial charge in [-0.15, -0.1) is 24.0 Å². The van der Waals surface area contributed by atoms with E-state index in [1.165, 1.54) is 0 Å². The molecule has 0 saturated carbocycles. The van der Waals surface area contributed by atoms with E-state index in [9.17, 15) is 4.79 Å². The lowest BCUT2D eigenvalue weighted by Crippen LogP contribution is -2.39. The maximum atomic E-state index is 12.1. The summed E-state index contributed by atoms with van der Waals surface area (Å²) in [5.74, 6) is 0.698. The summed E-state index contributed by atoms with van der Waals surface area (Å²) in [6.45, 7) is 7.49. The largest absolute Gasteiger partial charge is 0.357 e. The third-order valence-electron chi connectivity index (χ3n) is 3.62. The predicted molar refractivity (Wildman–Crippen MR) is 117 cm³/mol. The smallest absolute Gasteiger partial charge is 0.251 e. The summed E-state index contributed by atoms with van der Waals surface area (Å²) in [4.78, 5) is 16.6. The lowest BCUT2D eigenvalue weighted by atomic mass is 10.1. The van der Waals surface area contributed by atoms with Crippen LogP contribution in [0.2, 0.25) is 0 Å².